The van der Waals surface area contributed by atoms with Crippen molar-refractivity contribution in [2.45, 2.75) is 13.5 Å². The first-order chi connectivity index (χ1) is 10.1. The molecule has 2 aromatic rings. The van der Waals surface area contributed by atoms with Crippen molar-refractivity contribution >= 4 is 27.5 Å². The van der Waals surface area contributed by atoms with E-state index in [1.54, 1.807) is 28.8 Å². The normalized spacial score (nSPS) is 9.73. The van der Waals surface area contributed by atoms with Crippen LogP contribution >= 0.6 is 27.5 Å². The van der Waals surface area contributed by atoms with Gasteiger partial charge in [-0.2, -0.15) is 17.4 Å². The average molecular weight is 456 g/mol. The van der Waals surface area contributed by atoms with Crippen LogP contribution in [0.4, 0.5) is 0 Å². The molecule has 1 heterocycles. The summed E-state index contributed by atoms with van der Waals surface area (Å²) in [5, 5.41) is 8.93. The number of halogens is 2. The Hall–Kier alpha value is -0.666. The summed E-state index contributed by atoms with van der Waals surface area (Å²) in [5.74, 6) is 0.507. The van der Waals surface area contributed by atoms with Gasteiger partial charge in [-0.05, 0) is 28.6 Å². The minimum absolute atomic E-state index is 0. The molecule has 0 unspecified atom stereocenters. The smallest absolute Gasteiger partial charge is 0.208 e. The van der Waals surface area contributed by atoms with Crippen LogP contribution < -0.4 is 10.3 Å². The number of benzene rings is 1. The van der Waals surface area contributed by atoms with Crippen molar-refractivity contribution in [2.24, 2.45) is 0 Å². The van der Waals surface area contributed by atoms with E-state index >= 15 is 0 Å². The second-order valence-corrected chi connectivity index (χ2v) is 5.38. The maximum atomic E-state index is 12.1. The SMILES string of the molecule is CCn1c(-c2ccc(OCC#N)cc2Cl)[c-]cc(Br)c1=O.[Y]. The van der Waals surface area contributed by atoms with Crippen LogP contribution in [0.15, 0.2) is 33.5 Å². The Balaban J connectivity index is 0.00000242. The van der Waals surface area contributed by atoms with Crippen LogP contribution in [0.1, 0.15) is 6.92 Å². The van der Waals surface area contributed by atoms with Gasteiger partial charge in [-0.25, -0.2) is 0 Å². The van der Waals surface area contributed by atoms with E-state index in [9.17, 15) is 4.79 Å². The predicted molar refractivity (Wildman–Crippen MR) is 84.5 cm³/mol. The van der Waals surface area contributed by atoms with Crippen LogP contribution in [0.25, 0.3) is 11.3 Å². The maximum absolute atomic E-state index is 12.1. The van der Waals surface area contributed by atoms with E-state index in [1.807, 2.05) is 13.0 Å². The van der Waals surface area contributed by atoms with Gasteiger partial charge >= 0.3 is 0 Å². The Morgan fingerprint density at radius 2 is 2.23 bits per heavy atom. The van der Waals surface area contributed by atoms with Gasteiger partial charge in [0.05, 0.1) is 0 Å². The molecule has 1 aromatic carbocycles. The van der Waals surface area contributed by atoms with Gasteiger partial charge in [0.2, 0.25) is 5.56 Å². The minimum Gasteiger partial charge on any atom is -0.479 e. The molecular weight excluding hydrogens is 444 g/mol. The fourth-order valence-electron chi connectivity index (χ4n) is 1.92. The van der Waals surface area contributed by atoms with Gasteiger partial charge in [0.25, 0.3) is 0 Å². The van der Waals surface area contributed by atoms with Crippen LogP contribution in [0.5, 0.6) is 5.75 Å². The van der Waals surface area contributed by atoms with Gasteiger partial charge < -0.3 is 9.30 Å². The molecule has 0 atom stereocenters. The van der Waals surface area contributed by atoms with Gasteiger partial charge in [0.1, 0.15) is 11.8 Å². The molecule has 7 heteroatoms. The van der Waals surface area contributed by atoms with Gasteiger partial charge in [-0.1, -0.05) is 22.9 Å². The molecule has 2 rings (SSSR count). The molecule has 0 saturated carbocycles. The molecule has 0 saturated heterocycles. The number of aromatic nitrogens is 1. The molecule has 4 nitrogen and oxygen atoms in total. The van der Waals surface area contributed by atoms with E-state index in [2.05, 4.69) is 22.0 Å². The molecule has 0 spiro atoms. The van der Waals surface area contributed by atoms with E-state index in [1.165, 1.54) is 0 Å². The van der Waals surface area contributed by atoms with Crippen LogP contribution in [-0.4, -0.2) is 11.2 Å². The summed E-state index contributed by atoms with van der Waals surface area (Å²) in [6.45, 7) is 2.34. The first-order valence-corrected chi connectivity index (χ1v) is 7.36. The summed E-state index contributed by atoms with van der Waals surface area (Å²) in [7, 11) is 0. The summed E-state index contributed by atoms with van der Waals surface area (Å²) in [5.41, 5.74) is 1.17. The molecule has 0 aliphatic carbocycles. The zero-order valence-corrected chi connectivity index (χ0v) is 16.9. The minimum atomic E-state index is -0.132. The molecule has 111 valence electrons. The zero-order valence-electron chi connectivity index (χ0n) is 11.8. The Kier molecular flexibility index (Phi) is 7.78. The predicted octanol–water partition coefficient (Wildman–Crippen LogP) is 3.65. The Morgan fingerprint density at radius 1 is 1.50 bits per heavy atom. The van der Waals surface area contributed by atoms with Gasteiger partial charge in [-0.3, -0.25) is 4.79 Å². The fourth-order valence-corrected chi connectivity index (χ4v) is 2.51. The van der Waals surface area contributed by atoms with Gasteiger partial charge in [0, 0.05) is 39.3 Å². The third kappa shape index (κ3) is 4.20. The van der Waals surface area contributed by atoms with E-state index in [4.69, 9.17) is 21.6 Å². The largest absolute Gasteiger partial charge is 0.479 e. The van der Waals surface area contributed by atoms with E-state index in [-0.39, 0.29) is 44.9 Å². The van der Waals surface area contributed by atoms with Gasteiger partial charge in [0.15, 0.2) is 6.61 Å². The fraction of sp³-hybridized carbons (Fsp3) is 0.200. The van der Waals surface area contributed by atoms with Crippen LogP contribution in [0, 0.1) is 17.4 Å². The number of hydrogen-bond donors (Lipinski definition) is 0. The van der Waals surface area contributed by atoms with E-state index in [0.717, 1.165) is 0 Å². The summed E-state index contributed by atoms with van der Waals surface area (Å²) >= 11 is 9.46. The second-order valence-electron chi connectivity index (χ2n) is 4.12. The molecule has 0 fully saturated rings. The summed E-state index contributed by atoms with van der Waals surface area (Å²) < 4.78 is 7.24. The van der Waals surface area contributed by atoms with Crippen molar-refractivity contribution in [3.05, 3.63) is 50.2 Å². The van der Waals surface area contributed by atoms with Crippen LogP contribution in [-0.2, 0) is 39.3 Å². The number of pyridine rings is 1. The molecule has 22 heavy (non-hydrogen) atoms. The average Bonchev–Trinajstić information content (AvgIpc) is 2.48. The number of hydrogen-bond acceptors (Lipinski definition) is 3. The van der Waals surface area contributed by atoms with Crippen molar-refractivity contribution in [1.82, 2.24) is 4.57 Å². The second kappa shape index (κ2) is 8.83. The third-order valence-electron chi connectivity index (χ3n) is 2.87. The van der Waals surface area contributed by atoms with Gasteiger partial charge in [-0.15, -0.1) is 22.0 Å². The summed E-state index contributed by atoms with van der Waals surface area (Å²) in [6.07, 6.45) is 0. The molecule has 0 aliphatic rings. The first-order valence-electron chi connectivity index (χ1n) is 6.19. The zero-order chi connectivity index (χ0) is 15.4. The third-order valence-corrected chi connectivity index (χ3v) is 3.75. The van der Waals surface area contributed by atoms with Crippen LogP contribution in [0.3, 0.4) is 0 Å². The molecule has 0 aliphatic heterocycles. The molecule has 1 aromatic heterocycles. The Morgan fingerprint density at radius 3 is 2.82 bits per heavy atom. The summed E-state index contributed by atoms with van der Waals surface area (Å²) in [4.78, 5) is 12.1. The quantitative estimate of drug-likeness (QED) is 0.662. The number of ether oxygens (including phenoxy) is 1. The summed E-state index contributed by atoms with van der Waals surface area (Å²) in [6, 6.07) is 11.6. The molecule has 0 N–H and O–H groups in total. The standard InChI is InChI=1S/C15H11BrClN2O2.Y/c1-2-19-14(6-5-12(16)15(19)20)11-4-3-10(9-13(11)17)21-8-7-18;/h3-5,9H,2,8H2,1H3;/q-1;. The molecule has 1 radical (unpaired) electrons. The molecule has 0 amide bonds. The van der Waals surface area contributed by atoms with Crippen molar-refractivity contribution in [1.29, 1.82) is 5.26 Å². The van der Waals surface area contributed by atoms with Crippen molar-refractivity contribution in [3.8, 4) is 23.1 Å². The number of nitriles is 1. The number of rotatable bonds is 4. The van der Waals surface area contributed by atoms with E-state index in [0.29, 0.717) is 33.0 Å². The Bertz CT molecular complexity index is 771. The van der Waals surface area contributed by atoms with E-state index < -0.39 is 0 Å². The maximum Gasteiger partial charge on any atom is 0.208 e. The van der Waals surface area contributed by atoms with Crippen molar-refractivity contribution < 1.29 is 37.4 Å². The number of nitrogens with zero attached hydrogens (tertiary/aromatic N) is 2. The van der Waals surface area contributed by atoms with Crippen molar-refractivity contribution in [2.75, 3.05) is 6.61 Å². The van der Waals surface area contributed by atoms with Crippen LogP contribution in [0.2, 0.25) is 5.02 Å². The monoisotopic (exact) mass is 454 g/mol. The molecule has 0 bridgehead atoms. The Labute approximate surface area is 167 Å². The molecular formula is C15H11BrClN2O2Y-. The first kappa shape index (κ1) is 19.4. The van der Waals surface area contributed by atoms with Crippen molar-refractivity contribution in [3.63, 3.8) is 0 Å². The topological polar surface area (TPSA) is 55.0 Å².